The zero-order valence-corrected chi connectivity index (χ0v) is 12.1. The van der Waals surface area contributed by atoms with Gasteiger partial charge in [0.05, 0.1) is 12.2 Å². The SMILES string of the molecule is Cc1c(C(=O)NC(C)C(=O)O)nnn1Cc1ccc(F)cc1. The number of aromatic nitrogens is 3. The summed E-state index contributed by atoms with van der Waals surface area (Å²) < 4.78 is 14.4. The van der Waals surface area contributed by atoms with Crippen molar-refractivity contribution in [3.63, 3.8) is 0 Å². The van der Waals surface area contributed by atoms with E-state index in [4.69, 9.17) is 5.11 Å². The maximum absolute atomic E-state index is 12.9. The van der Waals surface area contributed by atoms with Gasteiger partial charge in [0.25, 0.3) is 5.91 Å². The van der Waals surface area contributed by atoms with Gasteiger partial charge in [0.2, 0.25) is 0 Å². The van der Waals surface area contributed by atoms with Gasteiger partial charge in [-0.3, -0.25) is 9.59 Å². The number of hydrogen-bond donors (Lipinski definition) is 2. The second-order valence-electron chi connectivity index (χ2n) is 4.84. The van der Waals surface area contributed by atoms with Gasteiger partial charge in [-0.1, -0.05) is 17.3 Å². The first-order chi connectivity index (χ1) is 10.4. The van der Waals surface area contributed by atoms with Crippen molar-refractivity contribution in [3.05, 3.63) is 47.0 Å². The summed E-state index contributed by atoms with van der Waals surface area (Å²) in [6.07, 6.45) is 0. The monoisotopic (exact) mass is 306 g/mol. The predicted octanol–water partition coefficient (Wildman–Crippen LogP) is 0.977. The van der Waals surface area contributed by atoms with Gasteiger partial charge >= 0.3 is 5.97 Å². The molecule has 0 radical (unpaired) electrons. The summed E-state index contributed by atoms with van der Waals surface area (Å²) in [4.78, 5) is 22.7. The summed E-state index contributed by atoms with van der Waals surface area (Å²) in [5, 5.41) is 18.7. The Hall–Kier alpha value is -2.77. The molecule has 0 spiro atoms. The van der Waals surface area contributed by atoms with Gasteiger partial charge in [-0.15, -0.1) is 5.10 Å². The second-order valence-corrected chi connectivity index (χ2v) is 4.84. The topological polar surface area (TPSA) is 97.1 Å². The minimum Gasteiger partial charge on any atom is -0.480 e. The highest BCUT2D eigenvalue weighted by Gasteiger charge is 2.20. The number of carboxylic acid groups (broad SMARTS) is 1. The van der Waals surface area contributed by atoms with Crippen molar-refractivity contribution in [2.24, 2.45) is 0 Å². The molecule has 0 saturated carbocycles. The van der Waals surface area contributed by atoms with Crippen molar-refractivity contribution in [2.45, 2.75) is 26.4 Å². The van der Waals surface area contributed by atoms with E-state index in [2.05, 4.69) is 15.6 Å². The van der Waals surface area contributed by atoms with Crippen LogP contribution >= 0.6 is 0 Å². The maximum Gasteiger partial charge on any atom is 0.325 e. The molecule has 7 nitrogen and oxygen atoms in total. The van der Waals surface area contributed by atoms with Gasteiger partial charge in [0, 0.05) is 0 Å². The first kappa shape index (κ1) is 15.6. The summed E-state index contributed by atoms with van der Waals surface area (Å²) in [6, 6.07) is 4.88. The van der Waals surface area contributed by atoms with Crippen LogP contribution in [0.3, 0.4) is 0 Å². The summed E-state index contributed by atoms with van der Waals surface area (Å²) in [7, 11) is 0. The van der Waals surface area contributed by atoms with Crippen molar-refractivity contribution >= 4 is 11.9 Å². The largest absolute Gasteiger partial charge is 0.480 e. The first-order valence-electron chi connectivity index (χ1n) is 6.56. The number of carbonyl (C=O) groups is 2. The molecular weight excluding hydrogens is 291 g/mol. The Morgan fingerprint density at radius 2 is 2.00 bits per heavy atom. The minimum absolute atomic E-state index is 0.0650. The Kier molecular flexibility index (Phi) is 4.50. The lowest BCUT2D eigenvalue weighted by molar-refractivity contribution is -0.138. The Bertz CT molecular complexity index is 697. The Labute approximate surface area is 125 Å². The molecule has 22 heavy (non-hydrogen) atoms. The molecule has 2 N–H and O–H groups in total. The summed E-state index contributed by atoms with van der Waals surface area (Å²) in [5.41, 5.74) is 1.37. The van der Waals surface area contributed by atoms with Crippen LogP contribution in [-0.2, 0) is 11.3 Å². The molecule has 1 unspecified atom stereocenters. The fraction of sp³-hybridized carbons (Fsp3) is 0.286. The van der Waals surface area contributed by atoms with E-state index in [1.807, 2.05) is 0 Å². The van der Waals surface area contributed by atoms with Gasteiger partial charge < -0.3 is 10.4 Å². The highest BCUT2D eigenvalue weighted by atomic mass is 19.1. The highest BCUT2D eigenvalue weighted by Crippen LogP contribution is 2.09. The normalized spacial score (nSPS) is 12.0. The summed E-state index contributed by atoms with van der Waals surface area (Å²) in [6.45, 7) is 3.35. The number of benzene rings is 1. The molecule has 0 saturated heterocycles. The molecule has 1 atom stereocenters. The van der Waals surface area contributed by atoms with Crippen molar-refractivity contribution < 1.29 is 19.1 Å². The van der Waals surface area contributed by atoms with Crippen LogP contribution in [0.1, 0.15) is 28.7 Å². The Balaban J connectivity index is 2.13. The van der Waals surface area contributed by atoms with E-state index in [1.54, 1.807) is 19.1 Å². The van der Waals surface area contributed by atoms with E-state index in [0.717, 1.165) is 5.56 Å². The number of nitrogens with one attached hydrogen (secondary N) is 1. The highest BCUT2D eigenvalue weighted by molar-refractivity contribution is 5.95. The van der Waals surface area contributed by atoms with E-state index < -0.39 is 17.9 Å². The van der Waals surface area contributed by atoms with Crippen LogP contribution in [-0.4, -0.2) is 38.0 Å². The third kappa shape index (κ3) is 3.46. The molecule has 0 aliphatic rings. The molecule has 0 aliphatic carbocycles. The smallest absolute Gasteiger partial charge is 0.325 e. The van der Waals surface area contributed by atoms with Crippen molar-refractivity contribution in [1.29, 1.82) is 0 Å². The first-order valence-corrected chi connectivity index (χ1v) is 6.56. The lowest BCUT2D eigenvalue weighted by Gasteiger charge is -2.08. The molecule has 1 amide bonds. The van der Waals surface area contributed by atoms with Gasteiger partial charge in [-0.05, 0) is 31.5 Å². The van der Waals surface area contributed by atoms with Crippen molar-refractivity contribution in [1.82, 2.24) is 20.3 Å². The number of hydrogen-bond acceptors (Lipinski definition) is 4. The van der Waals surface area contributed by atoms with Crippen LogP contribution in [0.15, 0.2) is 24.3 Å². The number of halogens is 1. The standard InChI is InChI=1S/C14H15FN4O3/c1-8(14(21)22)16-13(20)12-9(2)19(18-17-12)7-10-3-5-11(15)6-4-10/h3-6,8H,7H2,1-2H3,(H,16,20)(H,21,22). The maximum atomic E-state index is 12.9. The fourth-order valence-corrected chi connectivity index (χ4v) is 1.81. The summed E-state index contributed by atoms with van der Waals surface area (Å²) >= 11 is 0. The minimum atomic E-state index is -1.13. The molecule has 0 aliphatic heterocycles. The number of nitrogens with zero attached hydrogens (tertiary/aromatic N) is 3. The number of aliphatic carboxylic acids is 1. The third-order valence-corrected chi connectivity index (χ3v) is 3.16. The van der Waals surface area contributed by atoms with Crippen LogP contribution in [0, 0.1) is 12.7 Å². The van der Waals surface area contributed by atoms with Crippen LogP contribution in [0.25, 0.3) is 0 Å². The molecule has 8 heteroatoms. The lowest BCUT2D eigenvalue weighted by Crippen LogP contribution is -2.38. The van der Waals surface area contributed by atoms with Crippen LogP contribution < -0.4 is 5.32 Å². The van der Waals surface area contributed by atoms with Crippen LogP contribution in [0.5, 0.6) is 0 Å². The Morgan fingerprint density at radius 3 is 2.59 bits per heavy atom. The molecule has 1 heterocycles. The number of carbonyl (C=O) groups excluding carboxylic acids is 1. The van der Waals surface area contributed by atoms with Gasteiger partial charge in [-0.2, -0.15) is 0 Å². The van der Waals surface area contributed by atoms with Gasteiger partial charge in [-0.25, -0.2) is 9.07 Å². The number of rotatable bonds is 5. The predicted molar refractivity (Wildman–Crippen MR) is 74.8 cm³/mol. The summed E-state index contributed by atoms with van der Waals surface area (Å²) in [5.74, 6) is -2.07. The molecule has 0 fully saturated rings. The van der Waals surface area contributed by atoms with E-state index in [9.17, 15) is 14.0 Å². The zero-order chi connectivity index (χ0) is 16.3. The number of amides is 1. The van der Waals surface area contributed by atoms with Crippen LogP contribution in [0.4, 0.5) is 4.39 Å². The lowest BCUT2D eigenvalue weighted by atomic mass is 10.2. The van der Waals surface area contributed by atoms with E-state index >= 15 is 0 Å². The second kappa shape index (κ2) is 6.33. The molecule has 0 bridgehead atoms. The zero-order valence-electron chi connectivity index (χ0n) is 12.1. The average molecular weight is 306 g/mol. The van der Waals surface area contributed by atoms with Crippen LogP contribution in [0.2, 0.25) is 0 Å². The molecular formula is C14H15FN4O3. The molecule has 1 aromatic heterocycles. The molecule has 116 valence electrons. The molecule has 2 aromatic rings. The van der Waals surface area contributed by atoms with Gasteiger partial charge in [0.15, 0.2) is 5.69 Å². The van der Waals surface area contributed by atoms with E-state index in [0.29, 0.717) is 12.2 Å². The van der Waals surface area contributed by atoms with Crippen molar-refractivity contribution in [3.8, 4) is 0 Å². The van der Waals surface area contributed by atoms with Crippen molar-refractivity contribution in [2.75, 3.05) is 0 Å². The van der Waals surface area contributed by atoms with E-state index in [1.165, 1.54) is 23.7 Å². The fourth-order valence-electron chi connectivity index (χ4n) is 1.81. The quantitative estimate of drug-likeness (QED) is 0.858. The third-order valence-electron chi connectivity index (χ3n) is 3.16. The average Bonchev–Trinajstić information content (AvgIpc) is 2.82. The molecule has 1 aromatic carbocycles. The van der Waals surface area contributed by atoms with Gasteiger partial charge in [0.1, 0.15) is 11.9 Å². The molecule has 2 rings (SSSR count). The Morgan fingerprint density at radius 1 is 1.36 bits per heavy atom. The number of carboxylic acids is 1. The van der Waals surface area contributed by atoms with E-state index in [-0.39, 0.29) is 11.5 Å².